The van der Waals surface area contributed by atoms with E-state index in [-0.39, 0.29) is 0 Å². The largest absolute Gasteiger partial charge is 0.0925 e. The highest BCUT2D eigenvalue weighted by Crippen LogP contribution is 2.37. The van der Waals surface area contributed by atoms with Gasteiger partial charge in [-0.1, -0.05) is 49.0 Å². The second-order valence-electron chi connectivity index (χ2n) is 4.23. The van der Waals surface area contributed by atoms with Crippen LogP contribution in [0.1, 0.15) is 39.5 Å². The molecule has 11 heavy (non-hydrogen) atoms. The Labute approximate surface area is 78.9 Å². The fourth-order valence-corrected chi connectivity index (χ4v) is 2.69. The molecule has 0 nitrogen and oxygen atoms in total. The van der Waals surface area contributed by atoms with E-state index in [2.05, 4.69) is 29.8 Å². The highest BCUT2D eigenvalue weighted by atomic mass is 79.9. The van der Waals surface area contributed by atoms with Crippen LogP contribution in [0, 0.1) is 17.8 Å². The average molecular weight is 219 g/mol. The zero-order valence-electron chi connectivity index (χ0n) is 7.65. The smallest absolute Gasteiger partial charge is 0.00624 e. The van der Waals surface area contributed by atoms with Crippen molar-refractivity contribution in [2.75, 3.05) is 5.33 Å². The maximum Gasteiger partial charge on any atom is 0.00624 e. The van der Waals surface area contributed by atoms with Crippen LogP contribution in [0.4, 0.5) is 0 Å². The van der Waals surface area contributed by atoms with Gasteiger partial charge in [0.05, 0.1) is 0 Å². The molecule has 1 aliphatic rings. The van der Waals surface area contributed by atoms with Crippen LogP contribution in [-0.4, -0.2) is 5.33 Å². The summed E-state index contributed by atoms with van der Waals surface area (Å²) in [5.41, 5.74) is 0. The first-order chi connectivity index (χ1) is 5.24. The van der Waals surface area contributed by atoms with Crippen LogP contribution in [0.2, 0.25) is 0 Å². The van der Waals surface area contributed by atoms with Crippen LogP contribution in [0.5, 0.6) is 0 Å². The Bertz CT molecular complexity index is 105. The quantitative estimate of drug-likeness (QED) is 0.630. The molecule has 1 saturated carbocycles. The Hall–Kier alpha value is 0.480. The summed E-state index contributed by atoms with van der Waals surface area (Å²) in [4.78, 5) is 0. The number of halogens is 1. The van der Waals surface area contributed by atoms with Gasteiger partial charge in [0.15, 0.2) is 0 Å². The van der Waals surface area contributed by atoms with Gasteiger partial charge in [-0.25, -0.2) is 0 Å². The van der Waals surface area contributed by atoms with Crippen LogP contribution < -0.4 is 0 Å². The first-order valence-corrected chi connectivity index (χ1v) is 5.92. The van der Waals surface area contributed by atoms with Gasteiger partial charge in [-0.15, -0.1) is 0 Å². The molecule has 0 radical (unpaired) electrons. The fraction of sp³-hybridized carbons (Fsp3) is 1.00. The summed E-state index contributed by atoms with van der Waals surface area (Å²) in [6.07, 6.45) is 5.87. The van der Waals surface area contributed by atoms with Crippen molar-refractivity contribution in [2.24, 2.45) is 17.8 Å². The van der Waals surface area contributed by atoms with E-state index in [1.807, 2.05) is 0 Å². The lowest BCUT2D eigenvalue weighted by molar-refractivity contribution is 0.200. The molecule has 1 unspecified atom stereocenters. The summed E-state index contributed by atoms with van der Waals surface area (Å²) in [5.74, 6) is 2.89. The van der Waals surface area contributed by atoms with Crippen LogP contribution in [0.25, 0.3) is 0 Å². The SMILES string of the molecule is CC(C)CC(CBr)C1CCC1. The first kappa shape index (κ1) is 9.57. The highest BCUT2D eigenvalue weighted by Gasteiger charge is 2.26. The Morgan fingerprint density at radius 1 is 1.36 bits per heavy atom. The Morgan fingerprint density at radius 3 is 2.27 bits per heavy atom. The lowest BCUT2D eigenvalue weighted by atomic mass is 9.74. The van der Waals surface area contributed by atoms with Crippen LogP contribution >= 0.6 is 15.9 Å². The van der Waals surface area contributed by atoms with E-state index in [1.54, 1.807) is 0 Å². The summed E-state index contributed by atoms with van der Waals surface area (Å²) in [7, 11) is 0. The van der Waals surface area contributed by atoms with Crippen molar-refractivity contribution in [3.63, 3.8) is 0 Å². The van der Waals surface area contributed by atoms with E-state index in [0.717, 1.165) is 17.8 Å². The summed E-state index contributed by atoms with van der Waals surface area (Å²) in [6.45, 7) is 4.66. The van der Waals surface area contributed by atoms with Gasteiger partial charge in [0, 0.05) is 5.33 Å². The Morgan fingerprint density at radius 2 is 2.00 bits per heavy atom. The molecule has 0 N–H and O–H groups in total. The lowest BCUT2D eigenvalue weighted by Crippen LogP contribution is -2.24. The van der Waals surface area contributed by atoms with Crippen molar-refractivity contribution < 1.29 is 0 Å². The molecule has 1 aliphatic carbocycles. The molecule has 0 spiro atoms. The van der Waals surface area contributed by atoms with Crippen molar-refractivity contribution in [2.45, 2.75) is 39.5 Å². The molecule has 0 aliphatic heterocycles. The van der Waals surface area contributed by atoms with Crippen molar-refractivity contribution in [1.29, 1.82) is 0 Å². The molecule has 1 atom stereocenters. The molecule has 66 valence electrons. The van der Waals surface area contributed by atoms with Gasteiger partial charge in [-0.3, -0.25) is 0 Å². The van der Waals surface area contributed by atoms with E-state index >= 15 is 0 Å². The van der Waals surface area contributed by atoms with Crippen molar-refractivity contribution in [1.82, 2.24) is 0 Å². The third-order valence-electron chi connectivity index (χ3n) is 2.79. The second-order valence-corrected chi connectivity index (χ2v) is 4.88. The van der Waals surface area contributed by atoms with Gasteiger partial charge in [0.25, 0.3) is 0 Å². The molecule has 0 amide bonds. The van der Waals surface area contributed by atoms with E-state index in [0.29, 0.717) is 0 Å². The predicted octanol–water partition coefficient (Wildman–Crippen LogP) is 3.84. The van der Waals surface area contributed by atoms with Gasteiger partial charge in [-0.05, 0) is 24.2 Å². The first-order valence-electron chi connectivity index (χ1n) is 4.80. The third kappa shape index (κ3) is 2.77. The molecular formula is C10H19Br. The maximum absolute atomic E-state index is 3.62. The third-order valence-corrected chi connectivity index (χ3v) is 3.62. The molecule has 1 heteroatoms. The molecule has 0 saturated heterocycles. The van der Waals surface area contributed by atoms with Gasteiger partial charge in [0.2, 0.25) is 0 Å². The Balaban J connectivity index is 2.23. The molecular weight excluding hydrogens is 200 g/mol. The summed E-state index contributed by atoms with van der Waals surface area (Å²) >= 11 is 3.62. The van der Waals surface area contributed by atoms with E-state index in [4.69, 9.17) is 0 Å². The highest BCUT2D eigenvalue weighted by molar-refractivity contribution is 9.09. The molecule has 0 aromatic carbocycles. The van der Waals surface area contributed by atoms with Gasteiger partial charge in [-0.2, -0.15) is 0 Å². The molecule has 1 rings (SSSR count). The van der Waals surface area contributed by atoms with Crippen LogP contribution in [0.3, 0.4) is 0 Å². The minimum absolute atomic E-state index is 0.873. The lowest BCUT2D eigenvalue weighted by Gasteiger charge is -2.33. The summed E-state index contributed by atoms with van der Waals surface area (Å²) in [6, 6.07) is 0. The molecule has 0 heterocycles. The van der Waals surface area contributed by atoms with Crippen LogP contribution in [-0.2, 0) is 0 Å². The van der Waals surface area contributed by atoms with Gasteiger partial charge >= 0.3 is 0 Å². The topological polar surface area (TPSA) is 0 Å². The normalized spacial score (nSPS) is 21.8. The summed E-state index contributed by atoms with van der Waals surface area (Å²) < 4.78 is 0. The maximum atomic E-state index is 3.62. The fourth-order valence-electron chi connectivity index (χ4n) is 1.90. The van der Waals surface area contributed by atoms with E-state index in [9.17, 15) is 0 Å². The zero-order chi connectivity index (χ0) is 8.27. The van der Waals surface area contributed by atoms with Crippen molar-refractivity contribution in [3.8, 4) is 0 Å². The number of rotatable bonds is 4. The van der Waals surface area contributed by atoms with Gasteiger partial charge < -0.3 is 0 Å². The Kier molecular flexibility index (Phi) is 3.91. The van der Waals surface area contributed by atoms with Gasteiger partial charge in [0.1, 0.15) is 0 Å². The van der Waals surface area contributed by atoms with E-state index in [1.165, 1.54) is 31.0 Å². The average Bonchev–Trinajstić information content (AvgIpc) is 1.81. The van der Waals surface area contributed by atoms with Crippen molar-refractivity contribution in [3.05, 3.63) is 0 Å². The minimum atomic E-state index is 0.873. The second kappa shape index (κ2) is 4.49. The van der Waals surface area contributed by atoms with Crippen molar-refractivity contribution >= 4 is 15.9 Å². The minimum Gasteiger partial charge on any atom is -0.0925 e. The molecule has 0 aromatic heterocycles. The number of hydrogen-bond donors (Lipinski definition) is 0. The van der Waals surface area contributed by atoms with Crippen LogP contribution in [0.15, 0.2) is 0 Å². The number of alkyl halides is 1. The standard InChI is InChI=1S/C10H19Br/c1-8(2)6-10(7-11)9-4-3-5-9/h8-10H,3-7H2,1-2H3. The monoisotopic (exact) mass is 218 g/mol. The molecule has 0 bridgehead atoms. The summed E-state index contributed by atoms with van der Waals surface area (Å²) in [5, 5.41) is 1.22. The molecule has 0 aromatic rings. The number of hydrogen-bond acceptors (Lipinski definition) is 0. The zero-order valence-corrected chi connectivity index (χ0v) is 9.23. The predicted molar refractivity (Wildman–Crippen MR) is 54.1 cm³/mol. The molecule has 1 fully saturated rings. The van der Waals surface area contributed by atoms with E-state index < -0.39 is 0 Å².